The van der Waals surface area contributed by atoms with E-state index in [0.717, 1.165) is 42.8 Å². The molecule has 0 amide bonds. The highest BCUT2D eigenvalue weighted by molar-refractivity contribution is 7.80. The van der Waals surface area contributed by atoms with Crippen LogP contribution in [0.3, 0.4) is 0 Å². The number of likely N-dealkylation sites (tertiary alicyclic amines) is 1. The number of hydrogen-bond acceptors (Lipinski definition) is 4. The third kappa shape index (κ3) is 3.42. The summed E-state index contributed by atoms with van der Waals surface area (Å²) in [7, 11) is 2.13. The van der Waals surface area contributed by atoms with Gasteiger partial charge in [-0.05, 0) is 45.4 Å². The van der Waals surface area contributed by atoms with Crippen LogP contribution in [-0.4, -0.2) is 41.1 Å². The molecular formula is C14H21N3OS. The number of hydrogen-bond donors (Lipinski definition) is 1. The second kappa shape index (κ2) is 5.84. The molecule has 1 fully saturated rings. The van der Waals surface area contributed by atoms with Gasteiger partial charge in [0.25, 0.3) is 0 Å². The Balaban J connectivity index is 2.21. The monoisotopic (exact) mass is 279 g/mol. The molecule has 0 unspecified atom stereocenters. The van der Waals surface area contributed by atoms with E-state index in [4.69, 9.17) is 22.7 Å². The number of nitrogens with two attached hydrogens (primary N) is 1. The number of aryl methyl sites for hydroxylation is 2. The van der Waals surface area contributed by atoms with Gasteiger partial charge in [-0.25, -0.2) is 4.98 Å². The van der Waals surface area contributed by atoms with Crippen molar-refractivity contribution in [2.75, 3.05) is 20.1 Å². The van der Waals surface area contributed by atoms with Crippen molar-refractivity contribution in [3.63, 3.8) is 0 Å². The molecule has 2 rings (SSSR count). The highest BCUT2D eigenvalue weighted by Gasteiger charge is 2.21. The summed E-state index contributed by atoms with van der Waals surface area (Å²) in [4.78, 5) is 7.13. The Morgan fingerprint density at radius 1 is 1.42 bits per heavy atom. The third-order valence-corrected chi connectivity index (χ3v) is 3.71. The van der Waals surface area contributed by atoms with Crippen LogP contribution in [0.1, 0.15) is 29.7 Å². The first-order chi connectivity index (χ1) is 8.97. The number of nitrogens with zero attached hydrogens (tertiary/aromatic N) is 2. The van der Waals surface area contributed by atoms with E-state index < -0.39 is 0 Å². The van der Waals surface area contributed by atoms with E-state index in [1.807, 2.05) is 19.9 Å². The van der Waals surface area contributed by atoms with Crippen LogP contribution < -0.4 is 10.5 Å². The van der Waals surface area contributed by atoms with Crippen LogP contribution >= 0.6 is 12.2 Å². The van der Waals surface area contributed by atoms with Gasteiger partial charge in [-0.3, -0.25) is 0 Å². The van der Waals surface area contributed by atoms with Gasteiger partial charge < -0.3 is 15.4 Å². The molecule has 5 heteroatoms. The van der Waals surface area contributed by atoms with Gasteiger partial charge >= 0.3 is 0 Å². The molecule has 1 aliphatic rings. The molecule has 1 aromatic heterocycles. The molecule has 104 valence electrons. The zero-order valence-electron chi connectivity index (χ0n) is 11.8. The third-order valence-electron chi connectivity index (χ3n) is 3.50. The minimum atomic E-state index is 0.206. The first kappa shape index (κ1) is 14.2. The zero-order chi connectivity index (χ0) is 14.0. The summed E-state index contributed by atoms with van der Waals surface area (Å²) in [5.41, 5.74) is 8.53. The van der Waals surface area contributed by atoms with Crippen molar-refractivity contribution in [2.45, 2.75) is 32.8 Å². The summed E-state index contributed by atoms with van der Waals surface area (Å²) in [6.45, 7) is 6.05. The average Bonchev–Trinajstić information content (AvgIpc) is 2.30. The van der Waals surface area contributed by atoms with Crippen LogP contribution in [0.5, 0.6) is 5.88 Å². The van der Waals surface area contributed by atoms with E-state index in [-0.39, 0.29) is 6.10 Å². The lowest BCUT2D eigenvalue weighted by molar-refractivity contribution is 0.109. The van der Waals surface area contributed by atoms with Crippen molar-refractivity contribution in [2.24, 2.45) is 5.73 Å². The molecule has 0 saturated carbocycles. The molecule has 2 N–H and O–H groups in total. The van der Waals surface area contributed by atoms with Gasteiger partial charge in [-0.2, -0.15) is 0 Å². The van der Waals surface area contributed by atoms with Crippen molar-refractivity contribution in [1.82, 2.24) is 9.88 Å². The van der Waals surface area contributed by atoms with E-state index >= 15 is 0 Å². The number of thiocarbonyl (C=S) groups is 1. The predicted molar refractivity (Wildman–Crippen MR) is 80.7 cm³/mol. The van der Waals surface area contributed by atoms with E-state index in [1.165, 1.54) is 0 Å². The molecule has 1 aliphatic heterocycles. The molecule has 0 aromatic carbocycles. The standard InChI is InChI=1S/C14H21N3OS/c1-9-8-10(2)16-14(12(9)13(15)19)18-11-4-6-17(3)7-5-11/h8,11H,4-7H2,1-3H3,(H2,15,19). The molecule has 0 bridgehead atoms. The van der Waals surface area contributed by atoms with Gasteiger partial charge in [-0.15, -0.1) is 0 Å². The van der Waals surface area contributed by atoms with E-state index in [0.29, 0.717) is 10.9 Å². The second-order valence-electron chi connectivity index (χ2n) is 5.25. The molecule has 2 heterocycles. The second-order valence-corrected chi connectivity index (χ2v) is 5.69. The topological polar surface area (TPSA) is 51.4 Å². The van der Waals surface area contributed by atoms with E-state index in [1.54, 1.807) is 0 Å². The van der Waals surface area contributed by atoms with Crippen molar-refractivity contribution in [1.29, 1.82) is 0 Å². The molecule has 0 spiro atoms. The summed E-state index contributed by atoms with van der Waals surface area (Å²) >= 11 is 5.12. The van der Waals surface area contributed by atoms with Gasteiger partial charge in [0.1, 0.15) is 11.1 Å². The van der Waals surface area contributed by atoms with Crippen LogP contribution in [0, 0.1) is 13.8 Å². The maximum absolute atomic E-state index is 6.05. The lowest BCUT2D eigenvalue weighted by Gasteiger charge is -2.29. The fourth-order valence-electron chi connectivity index (χ4n) is 2.45. The van der Waals surface area contributed by atoms with Crippen LogP contribution in [0.2, 0.25) is 0 Å². The highest BCUT2D eigenvalue weighted by Crippen LogP contribution is 2.24. The number of piperidine rings is 1. The van der Waals surface area contributed by atoms with Crippen molar-refractivity contribution in [3.05, 3.63) is 22.9 Å². The van der Waals surface area contributed by atoms with Crippen molar-refractivity contribution in [3.8, 4) is 5.88 Å². The largest absolute Gasteiger partial charge is 0.474 e. The summed E-state index contributed by atoms with van der Waals surface area (Å²) < 4.78 is 6.05. The van der Waals surface area contributed by atoms with Gasteiger partial charge in [-0.1, -0.05) is 12.2 Å². The highest BCUT2D eigenvalue weighted by atomic mass is 32.1. The molecule has 1 saturated heterocycles. The Morgan fingerprint density at radius 2 is 2.05 bits per heavy atom. The van der Waals surface area contributed by atoms with Gasteiger partial charge in [0.15, 0.2) is 0 Å². The summed E-state index contributed by atoms with van der Waals surface area (Å²) in [5, 5.41) is 0. The SMILES string of the molecule is Cc1cc(C)c(C(N)=S)c(OC2CCN(C)CC2)n1. The maximum atomic E-state index is 6.05. The fourth-order valence-corrected chi connectivity index (χ4v) is 2.70. The molecule has 4 nitrogen and oxygen atoms in total. The van der Waals surface area contributed by atoms with Crippen molar-refractivity contribution < 1.29 is 4.74 Å². The smallest absolute Gasteiger partial charge is 0.224 e. The average molecular weight is 279 g/mol. The van der Waals surface area contributed by atoms with E-state index in [9.17, 15) is 0 Å². The molecule has 0 aliphatic carbocycles. The Morgan fingerprint density at radius 3 is 2.63 bits per heavy atom. The van der Waals surface area contributed by atoms with Gasteiger partial charge in [0.2, 0.25) is 5.88 Å². The van der Waals surface area contributed by atoms with Crippen LogP contribution in [0.15, 0.2) is 6.07 Å². The van der Waals surface area contributed by atoms with Crippen LogP contribution in [0.25, 0.3) is 0 Å². The molecular weight excluding hydrogens is 258 g/mol. The summed E-state index contributed by atoms with van der Waals surface area (Å²) in [6.07, 6.45) is 2.24. The maximum Gasteiger partial charge on any atom is 0.224 e. The number of ether oxygens (including phenoxy) is 1. The first-order valence-electron chi connectivity index (χ1n) is 6.60. The summed E-state index contributed by atoms with van der Waals surface area (Å²) in [5.74, 6) is 0.597. The van der Waals surface area contributed by atoms with Gasteiger partial charge in [0.05, 0.1) is 5.56 Å². The van der Waals surface area contributed by atoms with Crippen molar-refractivity contribution >= 4 is 17.2 Å². The first-order valence-corrected chi connectivity index (χ1v) is 7.01. The number of pyridine rings is 1. The quantitative estimate of drug-likeness (QED) is 0.855. The number of aromatic nitrogens is 1. The minimum absolute atomic E-state index is 0.206. The Labute approximate surface area is 120 Å². The predicted octanol–water partition coefficient (Wildman–Crippen LogP) is 1.81. The Kier molecular flexibility index (Phi) is 4.37. The molecule has 0 radical (unpaired) electrons. The van der Waals surface area contributed by atoms with Gasteiger partial charge in [0, 0.05) is 18.8 Å². The van der Waals surface area contributed by atoms with E-state index in [2.05, 4.69) is 16.9 Å². The van der Waals surface area contributed by atoms with Crippen LogP contribution in [-0.2, 0) is 0 Å². The fraction of sp³-hybridized carbons (Fsp3) is 0.571. The Hall–Kier alpha value is -1.20. The summed E-state index contributed by atoms with van der Waals surface area (Å²) in [6, 6.07) is 1.98. The lowest BCUT2D eigenvalue weighted by atomic mass is 10.1. The minimum Gasteiger partial charge on any atom is -0.474 e. The lowest BCUT2D eigenvalue weighted by Crippen LogP contribution is -2.36. The molecule has 1 aromatic rings. The zero-order valence-corrected chi connectivity index (χ0v) is 12.6. The van der Waals surface area contributed by atoms with Crippen LogP contribution in [0.4, 0.5) is 0 Å². The number of rotatable bonds is 3. The molecule has 19 heavy (non-hydrogen) atoms. The molecule has 0 atom stereocenters. The Bertz CT molecular complexity index is 482. The normalized spacial score (nSPS) is 17.4.